The van der Waals surface area contributed by atoms with E-state index < -0.39 is 33.1 Å². The molecular weight excluding hydrogens is 512 g/mol. The Kier molecular flexibility index (Phi) is 8.58. The van der Waals surface area contributed by atoms with Crippen molar-refractivity contribution in [1.82, 2.24) is 14.6 Å². The molecule has 1 heterocycles. The molecule has 0 fully saturated rings. The lowest BCUT2D eigenvalue weighted by Crippen LogP contribution is -2.36. The van der Waals surface area contributed by atoms with Gasteiger partial charge in [-0.25, -0.2) is 26.9 Å². The molecule has 0 saturated carbocycles. The van der Waals surface area contributed by atoms with E-state index in [1.54, 1.807) is 26.2 Å². The van der Waals surface area contributed by atoms with E-state index in [0.29, 0.717) is 33.7 Å². The zero-order valence-corrected chi connectivity index (χ0v) is 23.4. The minimum Gasteiger partial charge on any atom is -0.481 e. The van der Waals surface area contributed by atoms with Gasteiger partial charge in [-0.2, -0.15) is 0 Å². The van der Waals surface area contributed by atoms with E-state index in [1.807, 2.05) is 37.3 Å². The van der Waals surface area contributed by atoms with Gasteiger partial charge in [-0.1, -0.05) is 19.9 Å². The predicted molar refractivity (Wildman–Crippen MR) is 142 cm³/mol. The topological polar surface area (TPSA) is 88.6 Å². The van der Waals surface area contributed by atoms with Crippen LogP contribution in [0.1, 0.15) is 50.3 Å². The number of pyridine rings is 1. The maximum absolute atomic E-state index is 14.9. The number of nitrogens with one attached hydrogen (secondary N) is 1. The summed E-state index contributed by atoms with van der Waals surface area (Å²) < 4.78 is 62.7. The molecule has 0 aliphatic rings. The molecule has 2 aromatic carbocycles. The molecule has 10 heteroatoms. The summed E-state index contributed by atoms with van der Waals surface area (Å²) in [6.45, 7) is 7.32. The third kappa shape index (κ3) is 6.19. The van der Waals surface area contributed by atoms with Crippen molar-refractivity contribution in [2.75, 3.05) is 21.2 Å². The molecule has 3 aromatic rings. The minimum absolute atomic E-state index is 0.158. The molecule has 0 saturated heterocycles. The van der Waals surface area contributed by atoms with E-state index in [0.717, 1.165) is 6.07 Å². The van der Waals surface area contributed by atoms with Crippen LogP contribution in [0.15, 0.2) is 53.6 Å². The van der Waals surface area contributed by atoms with Crippen LogP contribution in [0, 0.1) is 11.6 Å². The highest BCUT2D eigenvalue weighted by Crippen LogP contribution is 2.33. The first kappa shape index (κ1) is 29.2. The lowest BCUT2D eigenvalue weighted by Gasteiger charge is -2.33. The summed E-state index contributed by atoms with van der Waals surface area (Å²) in [7, 11) is 0.667. The Morgan fingerprint density at radius 1 is 1.11 bits per heavy atom. The zero-order valence-electron chi connectivity index (χ0n) is 22.6. The Bertz CT molecular complexity index is 1450. The average Bonchev–Trinajstić information content (AvgIpc) is 2.84. The second kappa shape index (κ2) is 11.2. The summed E-state index contributed by atoms with van der Waals surface area (Å²) in [4.78, 5) is 18.6. The first-order valence-electron chi connectivity index (χ1n) is 12.0. The average molecular weight is 546 g/mol. The van der Waals surface area contributed by atoms with Crippen LogP contribution in [0.25, 0.3) is 11.1 Å². The van der Waals surface area contributed by atoms with Gasteiger partial charge in [0.15, 0.2) is 0 Å². The second-order valence-electron chi connectivity index (χ2n) is 10.1. The lowest BCUT2D eigenvalue weighted by atomic mass is 9.88. The highest BCUT2D eigenvalue weighted by atomic mass is 32.2. The van der Waals surface area contributed by atoms with Crippen molar-refractivity contribution in [2.45, 2.75) is 50.5 Å². The van der Waals surface area contributed by atoms with Crippen LogP contribution in [0.3, 0.4) is 0 Å². The SMILES string of the molecule is COc1cc(-c2cc(F)cc(C(C)C)c2CC(=O)NS(=O)(=O)c2ccc(C(C)(C)N(C)C)c(F)c2)ccn1. The number of benzene rings is 2. The number of hydrogen-bond acceptors (Lipinski definition) is 6. The van der Waals surface area contributed by atoms with E-state index in [1.165, 1.54) is 37.6 Å². The van der Waals surface area contributed by atoms with E-state index in [9.17, 15) is 22.0 Å². The highest BCUT2D eigenvalue weighted by molar-refractivity contribution is 7.90. The molecular formula is C28H33F2N3O4S. The van der Waals surface area contributed by atoms with Crippen LogP contribution >= 0.6 is 0 Å². The van der Waals surface area contributed by atoms with Gasteiger partial charge in [0.05, 0.1) is 18.4 Å². The van der Waals surface area contributed by atoms with Gasteiger partial charge in [0, 0.05) is 23.4 Å². The molecule has 0 radical (unpaired) electrons. The third-order valence-corrected chi connectivity index (χ3v) is 8.11. The summed E-state index contributed by atoms with van der Waals surface area (Å²) in [6, 6.07) is 9.46. The predicted octanol–water partition coefficient (Wildman–Crippen LogP) is 5.00. The molecule has 38 heavy (non-hydrogen) atoms. The number of sulfonamides is 1. The first-order chi connectivity index (χ1) is 17.7. The number of ether oxygens (including phenoxy) is 1. The van der Waals surface area contributed by atoms with Crippen molar-refractivity contribution in [3.05, 3.63) is 77.0 Å². The number of methoxy groups -OCH3 is 1. The summed E-state index contributed by atoms with van der Waals surface area (Å²) in [6.07, 6.45) is 1.15. The minimum atomic E-state index is -4.37. The lowest BCUT2D eigenvalue weighted by molar-refractivity contribution is -0.118. The Hall–Kier alpha value is -3.37. The Morgan fingerprint density at radius 3 is 2.37 bits per heavy atom. The van der Waals surface area contributed by atoms with E-state index in [4.69, 9.17) is 4.74 Å². The summed E-state index contributed by atoms with van der Waals surface area (Å²) in [5, 5.41) is 0. The van der Waals surface area contributed by atoms with Crippen LogP contribution in [0.2, 0.25) is 0 Å². The molecule has 0 spiro atoms. The zero-order chi connectivity index (χ0) is 28.4. The number of rotatable bonds is 9. The summed E-state index contributed by atoms with van der Waals surface area (Å²) >= 11 is 0. The van der Waals surface area contributed by atoms with Crippen molar-refractivity contribution in [1.29, 1.82) is 0 Å². The molecule has 1 aromatic heterocycles. The molecule has 204 valence electrons. The summed E-state index contributed by atoms with van der Waals surface area (Å²) in [5.74, 6) is -1.88. The molecule has 3 rings (SSSR count). The van der Waals surface area contributed by atoms with Gasteiger partial charge in [0.1, 0.15) is 11.6 Å². The Balaban J connectivity index is 1.97. The molecule has 7 nitrogen and oxygen atoms in total. The standard InChI is InChI=1S/C28H33F2N3O4S/c1-17(2)21-13-19(29)14-22(18-10-11-31-27(12-18)37-7)23(21)16-26(34)32-38(35,36)20-8-9-24(25(30)15-20)28(3,4)33(5)6/h8-15,17H,16H2,1-7H3,(H,32,34). The van der Waals surface area contributed by atoms with Crippen LogP contribution in [-0.2, 0) is 26.8 Å². The quantitative estimate of drug-likeness (QED) is 0.407. The number of hydrogen-bond donors (Lipinski definition) is 1. The van der Waals surface area contributed by atoms with Gasteiger partial charge in [-0.3, -0.25) is 4.79 Å². The fourth-order valence-electron chi connectivity index (χ4n) is 4.12. The Labute approximate surface area is 222 Å². The number of nitrogens with zero attached hydrogens (tertiary/aromatic N) is 2. The van der Waals surface area contributed by atoms with E-state index in [-0.39, 0.29) is 17.2 Å². The molecule has 1 amide bonds. The number of carbonyl (C=O) groups excluding carboxylic acids is 1. The van der Waals surface area contributed by atoms with E-state index >= 15 is 0 Å². The maximum Gasteiger partial charge on any atom is 0.264 e. The van der Waals surface area contributed by atoms with Gasteiger partial charge in [0.2, 0.25) is 11.8 Å². The largest absolute Gasteiger partial charge is 0.481 e. The van der Waals surface area contributed by atoms with Crippen LogP contribution in [-0.4, -0.2) is 45.4 Å². The fourth-order valence-corrected chi connectivity index (χ4v) is 5.12. The molecule has 0 aliphatic heterocycles. The molecule has 0 unspecified atom stereocenters. The maximum atomic E-state index is 14.9. The van der Waals surface area contributed by atoms with Crippen LogP contribution in [0.5, 0.6) is 5.88 Å². The fraction of sp³-hybridized carbons (Fsp3) is 0.357. The van der Waals surface area contributed by atoms with Crippen LogP contribution < -0.4 is 9.46 Å². The van der Waals surface area contributed by atoms with Crippen molar-refractivity contribution < 1.29 is 26.7 Å². The van der Waals surface area contributed by atoms with Gasteiger partial charge in [-0.15, -0.1) is 0 Å². The molecule has 0 aliphatic carbocycles. The molecule has 1 N–H and O–H groups in total. The Morgan fingerprint density at radius 2 is 1.79 bits per heavy atom. The molecule has 0 bridgehead atoms. The van der Waals surface area contributed by atoms with Gasteiger partial charge >= 0.3 is 0 Å². The van der Waals surface area contributed by atoms with Gasteiger partial charge in [-0.05, 0) is 86.4 Å². The third-order valence-electron chi connectivity index (χ3n) is 6.74. The van der Waals surface area contributed by atoms with Gasteiger partial charge < -0.3 is 9.64 Å². The highest BCUT2D eigenvalue weighted by Gasteiger charge is 2.29. The number of amides is 1. The van der Waals surface area contributed by atoms with Crippen molar-refractivity contribution >= 4 is 15.9 Å². The van der Waals surface area contributed by atoms with E-state index in [2.05, 4.69) is 4.98 Å². The van der Waals surface area contributed by atoms with Crippen molar-refractivity contribution in [3.8, 4) is 17.0 Å². The summed E-state index contributed by atoms with van der Waals surface area (Å²) in [5.41, 5.74) is 1.64. The smallest absolute Gasteiger partial charge is 0.264 e. The van der Waals surface area contributed by atoms with Gasteiger partial charge in [0.25, 0.3) is 10.0 Å². The number of aromatic nitrogens is 1. The number of carbonyl (C=O) groups is 1. The van der Waals surface area contributed by atoms with Crippen molar-refractivity contribution in [2.24, 2.45) is 0 Å². The number of halogens is 2. The van der Waals surface area contributed by atoms with Crippen LogP contribution in [0.4, 0.5) is 8.78 Å². The monoisotopic (exact) mass is 545 g/mol. The normalized spacial score (nSPS) is 12.2. The first-order valence-corrected chi connectivity index (χ1v) is 13.5. The second-order valence-corrected chi connectivity index (χ2v) is 11.7. The molecule has 0 atom stereocenters. The van der Waals surface area contributed by atoms with Crippen molar-refractivity contribution in [3.63, 3.8) is 0 Å².